The average molecular weight is 320 g/mol. The van der Waals surface area contributed by atoms with Gasteiger partial charge in [-0.05, 0) is 25.0 Å². The van der Waals surface area contributed by atoms with Crippen LogP contribution in [0, 0.1) is 11.8 Å². The fourth-order valence-electron chi connectivity index (χ4n) is 2.95. The van der Waals surface area contributed by atoms with Gasteiger partial charge in [0, 0.05) is 12.0 Å². The summed E-state index contributed by atoms with van der Waals surface area (Å²) in [7, 11) is 0. The largest absolute Gasteiger partial charge is 0.424 e. The van der Waals surface area contributed by atoms with E-state index >= 15 is 0 Å². The molecule has 1 aromatic rings. The number of halogens is 1. The van der Waals surface area contributed by atoms with Crippen molar-refractivity contribution in [3.05, 3.63) is 35.4 Å². The first-order valence-corrected chi connectivity index (χ1v) is 7.36. The predicted molar refractivity (Wildman–Crippen MR) is 80.4 cm³/mol. The highest BCUT2D eigenvalue weighted by molar-refractivity contribution is 6.30. The van der Waals surface area contributed by atoms with Crippen molar-refractivity contribution in [2.45, 2.75) is 19.8 Å². The van der Waals surface area contributed by atoms with Crippen LogP contribution in [0.1, 0.15) is 19.8 Å². The van der Waals surface area contributed by atoms with E-state index in [1.54, 1.807) is 30.3 Å². The first-order chi connectivity index (χ1) is 10.5. The number of carbonyl (C=O) groups is 3. The van der Waals surface area contributed by atoms with Gasteiger partial charge in [0.2, 0.25) is 11.8 Å². The first kappa shape index (κ1) is 14.8. The third-order valence-electron chi connectivity index (χ3n) is 3.93. The van der Waals surface area contributed by atoms with Crippen molar-refractivity contribution in [2.24, 2.45) is 11.8 Å². The standard InChI is InChI=1S/C16H14ClNO4/c1-9(19)22-14-5-3-2-4-13(14)18-15(20)11-7-6-10(17)8-12(11)16(18)21/h2-6,11-12H,7-8H2,1H3/t11-,12-/m1/s1. The Morgan fingerprint density at radius 3 is 2.64 bits per heavy atom. The number of fused-ring (bicyclic) bond motifs is 1. The van der Waals surface area contributed by atoms with Crippen LogP contribution in [0.2, 0.25) is 0 Å². The third-order valence-corrected chi connectivity index (χ3v) is 4.24. The second kappa shape index (κ2) is 5.57. The molecule has 1 aliphatic carbocycles. The van der Waals surface area contributed by atoms with Crippen molar-refractivity contribution in [3.8, 4) is 5.75 Å². The van der Waals surface area contributed by atoms with Crippen LogP contribution >= 0.6 is 11.6 Å². The van der Waals surface area contributed by atoms with E-state index in [0.29, 0.717) is 23.6 Å². The number of hydrogen-bond acceptors (Lipinski definition) is 4. The summed E-state index contributed by atoms with van der Waals surface area (Å²) in [6.07, 6.45) is 2.62. The number of imide groups is 1. The molecule has 2 amide bonds. The molecule has 114 valence electrons. The molecule has 0 aromatic heterocycles. The van der Waals surface area contributed by atoms with E-state index in [9.17, 15) is 14.4 Å². The first-order valence-electron chi connectivity index (χ1n) is 6.99. The number of allylic oxidation sites excluding steroid dienone is 2. The molecule has 2 aliphatic rings. The summed E-state index contributed by atoms with van der Waals surface area (Å²) >= 11 is 6.00. The molecule has 0 saturated carbocycles. The Morgan fingerprint density at radius 2 is 1.91 bits per heavy atom. The Morgan fingerprint density at radius 1 is 1.23 bits per heavy atom. The molecule has 3 rings (SSSR count). The number of anilines is 1. The summed E-state index contributed by atoms with van der Waals surface area (Å²) in [4.78, 5) is 37.5. The van der Waals surface area contributed by atoms with Crippen molar-refractivity contribution >= 4 is 35.1 Å². The number of benzene rings is 1. The third kappa shape index (κ3) is 2.41. The molecule has 0 radical (unpaired) electrons. The summed E-state index contributed by atoms with van der Waals surface area (Å²) in [5, 5.41) is 0.609. The van der Waals surface area contributed by atoms with Crippen molar-refractivity contribution in [3.63, 3.8) is 0 Å². The van der Waals surface area contributed by atoms with E-state index < -0.39 is 11.9 Å². The quantitative estimate of drug-likeness (QED) is 0.477. The molecule has 1 aliphatic heterocycles. The minimum absolute atomic E-state index is 0.203. The molecular weight excluding hydrogens is 306 g/mol. The van der Waals surface area contributed by atoms with Crippen molar-refractivity contribution < 1.29 is 19.1 Å². The van der Waals surface area contributed by atoms with Crippen LogP contribution in [0.15, 0.2) is 35.4 Å². The van der Waals surface area contributed by atoms with Crippen LogP contribution in [-0.4, -0.2) is 17.8 Å². The van der Waals surface area contributed by atoms with Crippen LogP contribution in [0.5, 0.6) is 5.75 Å². The molecule has 1 saturated heterocycles. The monoisotopic (exact) mass is 319 g/mol. The number of esters is 1. The van der Waals surface area contributed by atoms with Gasteiger partial charge in [-0.3, -0.25) is 14.4 Å². The van der Waals surface area contributed by atoms with Crippen molar-refractivity contribution in [1.82, 2.24) is 0 Å². The second-order valence-corrected chi connectivity index (χ2v) is 5.86. The van der Waals surface area contributed by atoms with Gasteiger partial charge in [0.25, 0.3) is 0 Å². The van der Waals surface area contributed by atoms with E-state index in [-0.39, 0.29) is 23.5 Å². The molecule has 1 heterocycles. The fraction of sp³-hybridized carbons (Fsp3) is 0.312. The van der Waals surface area contributed by atoms with E-state index in [1.165, 1.54) is 6.92 Å². The molecule has 0 unspecified atom stereocenters. The van der Waals surface area contributed by atoms with Crippen molar-refractivity contribution in [2.75, 3.05) is 4.90 Å². The lowest BCUT2D eigenvalue weighted by Gasteiger charge is -2.18. The van der Waals surface area contributed by atoms with Crippen molar-refractivity contribution in [1.29, 1.82) is 0 Å². The predicted octanol–water partition coefficient (Wildman–Crippen LogP) is 2.63. The van der Waals surface area contributed by atoms with Gasteiger partial charge in [-0.1, -0.05) is 29.8 Å². The Bertz CT molecular complexity index is 697. The minimum atomic E-state index is -0.506. The highest BCUT2D eigenvalue weighted by atomic mass is 35.5. The molecule has 0 N–H and O–H groups in total. The smallest absolute Gasteiger partial charge is 0.308 e. The van der Waals surface area contributed by atoms with Crippen LogP contribution in [-0.2, 0) is 14.4 Å². The van der Waals surface area contributed by atoms with Crippen LogP contribution in [0.25, 0.3) is 0 Å². The zero-order chi connectivity index (χ0) is 15.9. The topological polar surface area (TPSA) is 63.7 Å². The second-order valence-electron chi connectivity index (χ2n) is 5.38. The molecule has 22 heavy (non-hydrogen) atoms. The molecule has 1 aromatic carbocycles. The number of hydrogen-bond donors (Lipinski definition) is 0. The summed E-state index contributed by atoms with van der Waals surface area (Å²) in [5.41, 5.74) is 0.304. The van der Waals surface area contributed by atoms with E-state index in [2.05, 4.69) is 0 Å². The van der Waals surface area contributed by atoms with Gasteiger partial charge >= 0.3 is 5.97 Å². The lowest BCUT2D eigenvalue weighted by atomic mass is 9.85. The van der Waals surface area contributed by atoms with Gasteiger partial charge in [0.05, 0.1) is 17.5 Å². The molecule has 0 spiro atoms. The summed E-state index contributed by atoms with van der Waals surface area (Å²) < 4.78 is 5.10. The average Bonchev–Trinajstić information content (AvgIpc) is 2.71. The molecule has 5 nitrogen and oxygen atoms in total. The van der Waals surface area contributed by atoms with Crippen LogP contribution in [0.4, 0.5) is 5.69 Å². The normalized spacial score (nSPS) is 24.1. The van der Waals surface area contributed by atoms with E-state index in [0.717, 1.165) is 4.90 Å². The maximum Gasteiger partial charge on any atom is 0.308 e. The summed E-state index contributed by atoms with van der Waals surface area (Å²) in [5.74, 6) is -1.69. The van der Waals surface area contributed by atoms with Gasteiger partial charge < -0.3 is 4.74 Å². The lowest BCUT2D eigenvalue weighted by Crippen LogP contribution is -2.31. The SMILES string of the molecule is CC(=O)Oc1ccccc1N1C(=O)[C@@H]2CC=C(Cl)C[C@H]2C1=O. The Balaban J connectivity index is 1.98. The highest BCUT2D eigenvalue weighted by Gasteiger charge is 2.49. The van der Waals surface area contributed by atoms with Gasteiger partial charge in [-0.15, -0.1) is 0 Å². The minimum Gasteiger partial charge on any atom is -0.424 e. The zero-order valence-electron chi connectivity index (χ0n) is 11.9. The number of rotatable bonds is 2. The summed E-state index contributed by atoms with van der Waals surface area (Å²) in [6.45, 7) is 1.27. The number of nitrogens with zero attached hydrogens (tertiary/aromatic N) is 1. The maximum absolute atomic E-state index is 12.6. The van der Waals surface area contributed by atoms with Crippen LogP contribution in [0.3, 0.4) is 0 Å². The lowest BCUT2D eigenvalue weighted by molar-refractivity contribution is -0.132. The number of carbonyl (C=O) groups excluding carboxylic acids is 3. The zero-order valence-corrected chi connectivity index (χ0v) is 12.7. The van der Waals surface area contributed by atoms with Gasteiger partial charge in [0.15, 0.2) is 5.75 Å². The number of ether oxygens (including phenoxy) is 1. The van der Waals surface area contributed by atoms with Gasteiger partial charge in [0.1, 0.15) is 0 Å². The molecular formula is C16H14ClNO4. The van der Waals surface area contributed by atoms with E-state index in [4.69, 9.17) is 16.3 Å². The molecule has 6 heteroatoms. The Hall–Kier alpha value is -2.14. The number of amides is 2. The van der Waals surface area contributed by atoms with Gasteiger partial charge in [-0.25, -0.2) is 4.90 Å². The maximum atomic E-state index is 12.6. The Labute approximate surface area is 132 Å². The molecule has 0 bridgehead atoms. The fourth-order valence-corrected chi connectivity index (χ4v) is 3.20. The molecule has 2 atom stereocenters. The molecule has 1 fully saturated rings. The summed E-state index contributed by atoms with van der Waals surface area (Å²) in [6, 6.07) is 6.53. The van der Waals surface area contributed by atoms with Crippen LogP contribution < -0.4 is 9.64 Å². The highest BCUT2D eigenvalue weighted by Crippen LogP contribution is 2.42. The van der Waals surface area contributed by atoms with E-state index in [1.807, 2.05) is 0 Å². The Kier molecular flexibility index (Phi) is 3.74. The number of para-hydroxylation sites is 2. The van der Waals surface area contributed by atoms with Gasteiger partial charge in [-0.2, -0.15) is 0 Å².